The zero-order valence-electron chi connectivity index (χ0n) is 16.7. The molecule has 3 rings (SSSR count). The first kappa shape index (κ1) is 21.0. The summed E-state index contributed by atoms with van der Waals surface area (Å²) in [6.45, 7) is 4.68. The lowest BCUT2D eigenvalue weighted by atomic mass is 10.2. The summed E-state index contributed by atoms with van der Waals surface area (Å²) in [4.78, 5) is 43.1. The third-order valence-electron chi connectivity index (χ3n) is 4.43. The highest BCUT2D eigenvalue weighted by atomic mass is 32.1. The molecule has 1 aliphatic rings. The summed E-state index contributed by atoms with van der Waals surface area (Å²) in [7, 11) is 0. The molecule has 1 aromatic carbocycles. The summed E-state index contributed by atoms with van der Waals surface area (Å²) in [6, 6.07) is 9.11. The van der Waals surface area contributed by atoms with E-state index in [-0.39, 0.29) is 36.7 Å². The Labute approximate surface area is 174 Å². The number of benzene rings is 1. The van der Waals surface area contributed by atoms with Gasteiger partial charge in [-0.2, -0.15) is 0 Å². The molecule has 1 fully saturated rings. The molecule has 154 valence electrons. The molecule has 1 aromatic heterocycles. The van der Waals surface area contributed by atoms with Gasteiger partial charge >= 0.3 is 0 Å². The normalized spacial score (nSPS) is 13.2. The molecular formula is C21H26N4O3S. The highest BCUT2D eigenvalue weighted by molar-refractivity contribution is 7.13. The van der Waals surface area contributed by atoms with Gasteiger partial charge < -0.3 is 15.5 Å². The monoisotopic (exact) mass is 414 g/mol. The van der Waals surface area contributed by atoms with Crippen LogP contribution in [-0.2, 0) is 16.0 Å². The molecule has 0 spiro atoms. The number of aromatic nitrogens is 1. The first-order chi connectivity index (χ1) is 13.9. The Kier molecular flexibility index (Phi) is 6.98. The molecule has 3 amide bonds. The lowest BCUT2D eigenvalue weighted by Gasteiger charge is -2.21. The van der Waals surface area contributed by atoms with Crippen molar-refractivity contribution in [3.05, 3.63) is 47.0 Å². The minimum absolute atomic E-state index is 0.0117. The summed E-state index contributed by atoms with van der Waals surface area (Å²) >= 11 is 1.27. The Morgan fingerprint density at radius 2 is 1.90 bits per heavy atom. The SMILES string of the molecule is CC(C)CNC(=O)Cc1csc(NC(=O)CN(C(=O)c2ccccc2)C2CC2)n1. The molecule has 0 saturated heterocycles. The Balaban J connectivity index is 1.54. The summed E-state index contributed by atoms with van der Waals surface area (Å²) in [6.07, 6.45) is 2.01. The minimum atomic E-state index is -0.286. The van der Waals surface area contributed by atoms with E-state index in [0.717, 1.165) is 12.8 Å². The third-order valence-corrected chi connectivity index (χ3v) is 5.24. The molecule has 0 atom stereocenters. The van der Waals surface area contributed by atoms with E-state index in [9.17, 15) is 14.4 Å². The maximum absolute atomic E-state index is 12.7. The zero-order chi connectivity index (χ0) is 20.8. The van der Waals surface area contributed by atoms with Crippen LogP contribution < -0.4 is 10.6 Å². The van der Waals surface area contributed by atoms with Gasteiger partial charge in [0.1, 0.15) is 6.54 Å². The second-order valence-corrected chi connectivity index (χ2v) is 8.46. The van der Waals surface area contributed by atoms with E-state index in [0.29, 0.717) is 28.9 Å². The Hall–Kier alpha value is -2.74. The van der Waals surface area contributed by atoms with Crippen LogP contribution >= 0.6 is 11.3 Å². The van der Waals surface area contributed by atoms with Gasteiger partial charge in [-0.1, -0.05) is 32.0 Å². The molecule has 1 aliphatic carbocycles. The molecule has 2 N–H and O–H groups in total. The van der Waals surface area contributed by atoms with E-state index in [4.69, 9.17) is 0 Å². The second kappa shape index (κ2) is 9.65. The Morgan fingerprint density at radius 1 is 1.17 bits per heavy atom. The quantitative estimate of drug-likeness (QED) is 0.660. The fourth-order valence-corrected chi connectivity index (χ4v) is 3.53. The van der Waals surface area contributed by atoms with Crippen molar-refractivity contribution in [1.29, 1.82) is 0 Å². The summed E-state index contributed by atoms with van der Waals surface area (Å²) in [5.74, 6) is -0.122. The van der Waals surface area contributed by atoms with Gasteiger partial charge in [0.25, 0.3) is 5.91 Å². The van der Waals surface area contributed by atoms with Crippen LogP contribution in [-0.4, -0.2) is 46.7 Å². The molecule has 29 heavy (non-hydrogen) atoms. The van der Waals surface area contributed by atoms with Crippen molar-refractivity contribution in [3.8, 4) is 0 Å². The van der Waals surface area contributed by atoms with Crippen LogP contribution in [0.3, 0.4) is 0 Å². The molecule has 0 bridgehead atoms. The van der Waals surface area contributed by atoms with Gasteiger partial charge in [0, 0.05) is 23.5 Å². The van der Waals surface area contributed by atoms with Crippen LogP contribution in [0.2, 0.25) is 0 Å². The summed E-state index contributed by atoms with van der Waals surface area (Å²) < 4.78 is 0. The highest BCUT2D eigenvalue weighted by Crippen LogP contribution is 2.28. The van der Waals surface area contributed by atoms with E-state index in [2.05, 4.69) is 15.6 Å². The smallest absolute Gasteiger partial charge is 0.254 e. The van der Waals surface area contributed by atoms with Crippen LogP contribution in [0, 0.1) is 5.92 Å². The molecule has 0 unspecified atom stereocenters. The van der Waals surface area contributed by atoms with Crippen molar-refractivity contribution in [2.75, 3.05) is 18.4 Å². The first-order valence-electron chi connectivity index (χ1n) is 9.79. The van der Waals surface area contributed by atoms with E-state index in [1.54, 1.807) is 22.4 Å². The number of carbonyl (C=O) groups is 3. The topological polar surface area (TPSA) is 91.4 Å². The second-order valence-electron chi connectivity index (χ2n) is 7.60. The minimum Gasteiger partial charge on any atom is -0.356 e. The van der Waals surface area contributed by atoms with Crippen LogP contribution in [0.15, 0.2) is 35.7 Å². The van der Waals surface area contributed by atoms with Gasteiger partial charge in [-0.15, -0.1) is 11.3 Å². The molecule has 2 aromatic rings. The fourth-order valence-electron chi connectivity index (χ4n) is 2.80. The number of rotatable bonds is 9. The molecule has 1 heterocycles. The molecule has 0 radical (unpaired) electrons. The van der Waals surface area contributed by atoms with Crippen molar-refractivity contribution in [2.45, 2.75) is 39.2 Å². The number of nitrogens with one attached hydrogen (secondary N) is 2. The van der Waals surface area contributed by atoms with E-state index < -0.39 is 0 Å². The van der Waals surface area contributed by atoms with Gasteiger partial charge in [-0.3, -0.25) is 14.4 Å². The summed E-state index contributed by atoms with van der Waals surface area (Å²) in [5.41, 5.74) is 1.20. The number of amides is 3. The lowest BCUT2D eigenvalue weighted by Crippen LogP contribution is -2.39. The van der Waals surface area contributed by atoms with Crippen LogP contribution in [0.25, 0.3) is 0 Å². The number of thiazole rings is 1. The molecular weight excluding hydrogens is 388 g/mol. The fraction of sp³-hybridized carbons (Fsp3) is 0.429. The maximum Gasteiger partial charge on any atom is 0.254 e. The predicted molar refractivity (Wildman–Crippen MR) is 113 cm³/mol. The molecule has 0 aliphatic heterocycles. The van der Waals surface area contributed by atoms with Crippen LogP contribution in [0.1, 0.15) is 42.7 Å². The Bertz CT molecular complexity index is 862. The lowest BCUT2D eigenvalue weighted by molar-refractivity contribution is -0.120. The zero-order valence-corrected chi connectivity index (χ0v) is 17.5. The average molecular weight is 415 g/mol. The van der Waals surface area contributed by atoms with Gasteiger partial charge in [0.15, 0.2) is 5.13 Å². The third kappa shape index (κ3) is 6.39. The number of hydrogen-bond acceptors (Lipinski definition) is 5. The van der Waals surface area contributed by atoms with Crippen LogP contribution in [0.4, 0.5) is 5.13 Å². The van der Waals surface area contributed by atoms with Gasteiger partial charge in [0.05, 0.1) is 12.1 Å². The molecule has 1 saturated carbocycles. The van der Waals surface area contributed by atoms with Gasteiger partial charge in [-0.05, 0) is 30.9 Å². The van der Waals surface area contributed by atoms with Crippen molar-refractivity contribution in [3.63, 3.8) is 0 Å². The van der Waals surface area contributed by atoms with Crippen molar-refractivity contribution in [1.82, 2.24) is 15.2 Å². The van der Waals surface area contributed by atoms with E-state index >= 15 is 0 Å². The van der Waals surface area contributed by atoms with Crippen molar-refractivity contribution in [2.24, 2.45) is 5.92 Å². The molecule has 7 nitrogen and oxygen atoms in total. The maximum atomic E-state index is 12.7. The number of hydrogen-bond donors (Lipinski definition) is 2. The van der Waals surface area contributed by atoms with Crippen molar-refractivity contribution < 1.29 is 14.4 Å². The average Bonchev–Trinajstić information content (AvgIpc) is 3.45. The van der Waals surface area contributed by atoms with Crippen LogP contribution in [0.5, 0.6) is 0 Å². The largest absolute Gasteiger partial charge is 0.356 e. The number of carbonyl (C=O) groups excluding carboxylic acids is 3. The van der Waals surface area contributed by atoms with Crippen molar-refractivity contribution >= 4 is 34.2 Å². The van der Waals surface area contributed by atoms with Gasteiger partial charge in [0.2, 0.25) is 11.8 Å². The Morgan fingerprint density at radius 3 is 2.55 bits per heavy atom. The number of nitrogens with zero attached hydrogens (tertiary/aromatic N) is 2. The summed E-state index contributed by atoms with van der Waals surface area (Å²) in [5, 5.41) is 7.79. The highest BCUT2D eigenvalue weighted by Gasteiger charge is 2.34. The van der Waals surface area contributed by atoms with Gasteiger partial charge in [-0.25, -0.2) is 4.98 Å². The standard InChI is InChI=1S/C21H26N4O3S/c1-14(2)11-22-18(26)10-16-13-29-21(23-16)24-19(27)12-25(17-8-9-17)20(28)15-6-4-3-5-7-15/h3-7,13-14,17H,8-12H2,1-2H3,(H,22,26)(H,23,24,27). The number of anilines is 1. The molecule has 8 heteroatoms. The van der Waals surface area contributed by atoms with E-state index in [1.165, 1.54) is 11.3 Å². The van der Waals surface area contributed by atoms with E-state index in [1.807, 2.05) is 32.0 Å². The predicted octanol–water partition coefficient (Wildman–Crippen LogP) is 2.70. The first-order valence-corrected chi connectivity index (χ1v) is 10.7.